The van der Waals surface area contributed by atoms with Crippen molar-refractivity contribution in [2.75, 3.05) is 11.9 Å². The van der Waals surface area contributed by atoms with Gasteiger partial charge in [0.05, 0.1) is 12.2 Å². The zero-order valence-electron chi connectivity index (χ0n) is 14.9. The summed E-state index contributed by atoms with van der Waals surface area (Å²) in [4.78, 5) is 12.5. The normalized spacial score (nSPS) is 10.9. The van der Waals surface area contributed by atoms with Gasteiger partial charge in [-0.05, 0) is 38.1 Å². The Morgan fingerprint density at radius 3 is 2.74 bits per heavy atom. The minimum Gasteiger partial charge on any atom is -0.490 e. The van der Waals surface area contributed by atoms with E-state index >= 15 is 0 Å². The second kappa shape index (κ2) is 7.20. The van der Waals surface area contributed by atoms with E-state index in [4.69, 9.17) is 9.15 Å². The lowest BCUT2D eigenvalue weighted by molar-refractivity contribution is 0.337. The van der Waals surface area contributed by atoms with E-state index in [1.54, 1.807) is 12.1 Å². The Kier molecular flexibility index (Phi) is 4.60. The molecule has 6 nitrogen and oxygen atoms in total. The van der Waals surface area contributed by atoms with Crippen LogP contribution in [-0.2, 0) is 0 Å². The zero-order valence-corrected chi connectivity index (χ0v) is 15.7. The van der Waals surface area contributed by atoms with E-state index in [1.165, 1.54) is 16.9 Å². The molecule has 2 aromatic carbocycles. The largest absolute Gasteiger partial charge is 0.490 e. The number of para-hydroxylation sites is 1. The molecule has 2 heterocycles. The van der Waals surface area contributed by atoms with Gasteiger partial charge in [-0.25, -0.2) is 4.79 Å². The summed E-state index contributed by atoms with van der Waals surface area (Å²) in [5.74, 6) is 0.553. The van der Waals surface area contributed by atoms with E-state index in [2.05, 4.69) is 15.5 Å². The van der Waals surface area contributed by atoms with Gasteiger partial charge in [0.2, 0.25) is 5.13 Å². The molecule has 0 aliphatic rings. The van der Waals surface area contributed by atoms with Crippen LogP contribution in [0, 0.1) is 6.92 Å². The maximum atomic E-state index is 12.5. The molecule has 0 unspecified atom stereocenters. The molecule has 0 atom stereocenters. The quantitative estimate of drug-likeness (QED) is 0.504. The molecule has 7 heteroatoms. The van der Waals surface area contributed by atoms with Crippen LogP contribution in [0.1, 0.15) is 12.5 Å². The van der Waals surface area contributed by atoms with Gasteiger partial charge in [-0.15, -0.1) is 10.2 Å². The third-order valence-corrected chi connectivity index (χ3v) is 4.85. The second-order valence-corrected chi connectivity index (χ2v) is 6.94. The van der Waals surface area contributed by atoms with E-state index < -0.39 is 5.63 Å². The standard InChI is InChI=1S/C20H17N3O3S/c1-3-25-16-6-4-5-13-11-15(19(24)26-17(13)16)18-22-23-20(27-18)21-14-9-7-12(2)8-10-14/h4-11H,3H2,1-2H3,(H,21,23). The van der Waals surface area contributed by atoms with Crippen molar-refractivity contribution in [3.05, 3.63) is 64.5 Å². The molecule has 0 bridgehead atoms. The minimum atomic E-state index is -0.465. The average molecular weight is 379 g/mol. The molecular formula is C20H17N3O3S. The molecule has 27 heavy (non-hydrogen) atoms. The number of hydrogen-bond donors (Lipinski definition) is 1. The highest BCUT2D eigenvalue weighted by atomic mass is 32.1. The second-order valence-electron chi connectivity index (χ2n) is 5.96. The van der Waals surface area contributed by atoms with Crippen LogP contribution in [0.25, 0.3) is 21.5 Å². The van der Waals surface area contributed by atoms with Crippen LogP contribution in [0.2, 0.25) is 0 Å². The van der Waals surface area contributed by atoms with Crippen LogP contribution in [0.4, 0.5) is 10.8 Å². The number of benzene rings is 2. The number of nitrogens with one attached hydrogen (secondary N) is 1. The van der Waals surface area contributed by atoms with Crippen LogP contribution in [0.3, 0.4) is 0 Å². The predicted molar refractivity (Wildman–Crippen MR) is 107 cm³/mol. The van der Waals surface area contributed by atoms with E-state index in [9.17, 15) is 4.79 Å². The maximum Gasteiger partial charge on any atom is 0.346 e. The van der Waals surface area contributed by atoms with Crippen molar-refractivity contribution in [2.45, 2.75) is 13.8 Å². The minimum absolute atomic E-state index is 0.380. The number of aryl methyl sites for hydroxylation is 1. The Balaban J connectivity index is 1.68. The van der Waals surface area contributed by atoms with E-state index in [1.807, 2.05) is 50.2 Å². The fourth-order valence-electron chi connectivity index (χ4n) is 2.68. The third-order valence-electron chi connectivity index (χ3n) is 3.98. The van der Waals surface area contributed by atoms with Crippen LogP contribution in [-0.4, -0.2) is 16.8 Å². The highest BCUT2D eigenvalue weighted by molar-refractivity contribution is 7.18. The van der Waals surface area contributed by atoms with Crippen LogP contribution in [0.15, 0.2) is 57.7 Å². The molecule has 0 saturated heterocycles. The van der Waals surface area contributed by atoms with E-state index in [-0.39, 0.29) is 0 Å². The van der Waals surface area contributed by atoms with Crippen molar-refractivity contribution in [1.29, 1.82) is 0 Å². The third kappa shape index (κ3) is 3.54. The summed E-state index contributed by atoms with van der Waals surface area (Å²) in [5.41, 5.74) is 2.45. The highest BCUT2D eigenvalue weighted by Crippen LogP contribution is 2.31. The summed E-state index contributed by atoms with van der Waals surface area (Å²) < 4.78 is 11.0. The summed E-state index contributed by atoms with van der Waals surface area (Å²) in [7, 11) is 0. The first-order chi connectivity index (χ1) is 13.1. The molecule has 0 spiro atoms. The van der Waals surface area contributed by atoms with E-state index in [0.29, 0.717) is 33.6 Å². The van der Waals surface area contributed by atoms with Gasteiger partial charge >= 0.3 is 5.63 Å². The number of anilines is 2. The lowest BCUT2D eigenvalue weighted by atomic mass is 10.2. The topological polar surface area (TPSA) is 77.3 Å². The van der Waals surface area contributed by atoms with Crippen LogP contribution < -0.4 is 15.7 Å². The monoisotopic (exact) mass is 379 g/mol. The molecule has 0 aliphatic heterocycles. The van der Waals surface area contributed by atoms with Crippen LogP contribution >= 0.6 is 11.3 Å². The Bertz CT molecular complexity index is 1150. The molecule has 4 aromatic rings. The summed E-state index contributed by atoms with van der Waals surface area (Å²) >= 11 is 1.30. The molecule has 4 rings (SSSR count). The van der Waals surface area contributed by atoms with Crippen molar-refractivity contribution >= 4 is 33.1 Å². The first-order valence-corrected chi connectivity index (χ1v) is 9.33. The summed E-state index contributed by atoms with van der Waals surface area (Å²) in [5, 5.41) is 13.4. The Hall–Kier alpha value is -3.19. The number of nitrogens with zero attached hydrogens (tertiary/aromatic N) is 2. The SMILES string of the molecule is CCOc1cccc2cc(-c3nnc(Nc4ccc(C)cc4)s3)c(=O)oc12. The summed E-state index contributed by atoms with van der Waals surface area (Å²) in [6, 6.07) is 15.2. The molecule has 0 saturated carbocycles. The van der Waals surface area contributed by atoms with Gasteiger partial charge in [0.1, 0.15) is 0 Å². The van der Waals surface area contributed by atoms with Crippen molar-refractivity contribution in [2.24, 2.45) is 0 Å². The lowest BCUT2D eigenvalue weighted by Crippen LogP contribution is -2.03. The predicted octanol–water partition coefficient (Wildman–Crippen LogP) is 4.76. The molecule has 2 aromatic heterocycles. The van der Waals surface area contributed by atoms with Crippen molar-refractivity contribution < 1.29 is 9.15 Å². The number of rotatable bonds is 5. The fraction of sp³-hybridized carbons (Fsp3) is 0.150. The van der Waals surface area contributed by atoms with Crippen molar-refractivity contribution in [3.63, 3.8) is 0 Å². The summed E-state index contributed by atoms with van der Waals surface area (Å²) in [6.07, 6.45) is 0. The lowest BCUT2D eigenvalue weighted by Gasteiger charge is -2.06. The Morgan fingerprint density at radius 1 is 1.15 bits per heavy atom. The van der Waals surface area contributed by atoms with Gasteiger partial charge in [-0.1, -0.05) is 41.2 Å². The Labute approximate surface area is 159 Å². The molecule has 0 amide bonds. The van der Waals surface area contributed by atoms with Gasteiger partial charge < -0.3 is 14.5 Å². The molecule has 0 fully saturated rings. The number of fused-ring (bicyclic) bond motifs is 1. The van der Waals surface area contributed by atoms with Gasteiger partial charge in [0.15, 0.2) is 16.3 Å². The maximum absolute atomic E-state index is 12.5. The number of hydrogen-bond acceptors (Lipinski definition) is 7. The zero-order chi connectivity index (χ0) is 18.8. The first-order valence-electron chi connectivity index (χ1n) is 8.51. The van der Waals surface area contributed by atoms with Gasteiger partial charge in [0, 0.05) is 11.1 Å². The van der Waals surface area contributed by atoms with Gasteiger partial charge in [-0.3, -0.25) is 0 Å². The number of aromatic nitrogens is 2. The average Bonchev–Trinajstić information content (AvgIpc) is 3.12. The van der Waals surface area contributed by atoms with Crippen molar-refractivity contribution in [1.82, 2.24) is 10.2 Å². The number of ether oxygens (including phenoxy) is 1. The van der Waals surface area contributed by atoms with Gasteiger partial charge in [-0.2, -0.15) is 0 Å². The smallest absolute Gasteiger partial charge is 0.346 e. The molecule has 0 aliphatic carbocycles. The molecule has 136 valence electrons. The molecule has 0 radical (unpaired) electrons. The van der Waals surface area contributed by atoms with Gasteiger partial charge in [0.25, 0.3) is 0 Å². The first kappa shape index (κ1) is 17.2. The summed E-state index contributed by atoms with van der Waals surface area (Å²) in [6.45, 7) is 4.41. The van der Waals surface area contributed by atoms with Crippen LogP contribution in [0.5, 0.6) is 5.75 Å². The fourth-order valence-corrected chi connectivity index (χ4v) is 3.45. The molecular weight excluding hydrogens is 362 g/mol. The van der Waals surface area contributed by atoms with E-state index in [0.717, 1.165) is 11.1 Å². The highest BCUT2D eigenvalue weighted by Gasteiger charge is 2.15. The van der Waals surface area contributed by atoms with Crippen molar-refractivity contribution in [3.8, 4) is 16.3 Å². The molecule has 1 N–H and O–H groups in total. The Morgan fingerprint density at radius 2 is 1.96 bits per heavy atom.